The highest BCUT2D eigenvalue weighted by Crippen LogP contribution is 2.36. The first-order valence-corrected chi connectivity index (χ1v) is 6.32. The fourth-order valence-electron chi connectivity index (χ4n) is 1.93. The molecule has 0 spiro atoms. The minimum absolute atomic E-state index is 0.146. The molecule has 0 saturated carbocycles. The topological polar surface area (TPSA) is 9.23 Å². The van der Waals surface area contributed by atoms with Crippen molar-refractivity contribution in [2.45, 2.75) is 26.2 Å². The molecule has 0 bridgehead atoms. The van der Waals surface area contributed by atoms with Crippen LogP contribution < -0.4 is 4.74 Å². The largest absolute Gasteiger partial charge is 0.451 e. The van der Waals surface area contributed by atoms with Crippen molar-refractivity contribution in [2.75, 3.05) is 0 Å². The zero-order chi connectivity index (χ0) is 15.8. The number of halogens is 4. The zero-order valence-corrected chi connectivity index (χ0v) is 11.8. The molecule has 2 aromatic carbocycles. The molecule has 0 radical (unpaired) electrons. The molecular formula is C16H14F4O. The fraction of sp³-hybridized carbons (Fsp3) is 0.250. The molecule has 0 N–H and O–H groups in total. The van der Waals surface area contributed by atoms with Crippen LogP contribution in [0.25, 0.3) is 0 Å². The molecule has 2 aromatic rings. The maximum Gasteiger partial charge on any atom is 0.204 e. The van der Waals surface area contributed by atoms with Crippen LogP contribution >= 0.6 is 0 Å². The van der Waals surface area contributed by atoms with Crippen LogP contribution in [0.3, 0.4) is 0 Å². The first-order chi connectivity index (χ1) is 9.71. The predicted octanol–water partition coefficient (Wildman–Crippen LogP) is 5.33. The molecule has 0 aliphatic heterocycles. The lowest BCUT2D eigenvalue weighted by Gasteiger charge is -2.22. The monoisotopic (exact) mass is 298 g/mol. The summed E-state index contributed by atoms with van der Waals surface area (Å²) in [6, 6.07) is 6.71. The highest BCUT2D eigenvalue weighted by Gasteiger charge is 2.24. The highest BCUT2D eigenvalue weighted by atomic mass is 19.2. The summed E-state index contributed by atoms with van der Waals surface area (Å²) in [6.07, 6.45) is 0. The Kier molecular flexibility index (Phi) is 3.94. The molecule has 0 aromatic heterocycles. The summed E-state index contributed by atoms with van der Waals surface area (Å²) < 4.78 is 58.8. The molecular weight excluding hydrogens is 284 g/mol. The summed E-state index contributed by atoms with van der Waals surface area (Å²) in [5, 5.41) is 0. The molecule has 0 heterocycles. The quantitative estimate of drug-likeness (QED) is 0.537. The van der Waals surface area contributed by atoms with Crippen molar-refractivity contribution in [1.82, 2.24) is 0 Å². The van der Waals surface area contributed by atoms with Crippen LogP contribution in [0, 0.1) is 23.3 Å². The average molecular weight is 298 g/mol. The van der Waals surface area contributed by atoms with Crippen molar-refractivity contribution in [3.8, 4) is 11.5 Å². The summed E-state index contributed by atoms with van der Waals surface area (Å²) in [6.45, 7) is 5.65. The van der Waals surface area contributed by atoms with E-state index in [4.69, 9.17) is 4.74 Å². The maximum absolute atomic E-state index is 13.6. The number of hydrogen-bond donors (Lipinski definition) is 0. The normalized spacial score (nSPS) is 11.6. The van der Waals surface area contributed by atoms with E-state index in [0.29, 0.717) is 5.56 Å². The van der Waals surface area contributed by atoms with Crippen LogP contribution in [-0.4, -0.2) is 0 Å². The van der Waals surface area contributed by atoms with E-state index < -0.39 is 29.0 Å². The van der Waals surface area contributed by atoms with E-state index in [0.717, 1.165) is 0 Å². The number of rotatable bonds is 2. The summed E-state index contributed by atoms with van der Waals surface area (Å²) in [5.41, 5.74) is 0.295. The standard InChI is InChI=1S/C16H14F4O/c1-16(2,3)9-6-4-5-7-12(9)21-15-13(19)10(17)8-11(18)14(15)20/h4-8H,1-3H3. The molecule has 0 fully saturated rings. The lowest BCUT2D eigenvalue weighted by atomic mass is 9.86. The van der Waals surface area contributed by atoms with Gasteiger partial charge in [0, 0.05) is 11.6 Å². The highest BCUT2D eigenvalue weighted by molar-refractivity contribution is 5.42. The Bertz CT molecular complexity index is 648. The Labute approximate surface area is 120 Å². The molecule has 0 aliphatic carbocycles. The summed E-state index contributed by atoms with van der Waals surface area (Å²) >= 11 is 0. The average Bonchev–Trinajstić information content (AvgIpc) is 2.41. The van der Waals surface area contributed by atoms with Crippen molar-refractivity contribution in [3.63, 3.8) is 0 Å². The van der Waals surface area contributed by atoms with Crippen molar-refractivity contribution in [3.05, 3.63) is 59.2 Å². The molecule has 5 heteroatoms. The van der Waals surface area contributed by atoms with Gasteiger partial charge in [-0.05, 0) is 11.5 Å². The van der Waals surface area contributed by atoms with Gasteiger partial charge in [0.1, 0.15) is 5.75 Å². The van der Waals surface area contributed by atoms with Gasteiger partial charge in [-0.3, -0.25) is 0 Å². The van der Waals surface area contributed by atoms with Gasteiger partial charge < -0.3 is 4.74 Å². The van der Waals surface area contributed by atoms with E-state index in [9.17, 15) is 17.6 Å². The molecule has 0 saturated heterocycles. The summed E-state index contributed by atoms with van der Waals surface area (Å²) in [4.78, 5) is 0. The van der Waals surface area contributed by atoms with E-state index in [2.05, 4.69) is 0 Å². The number of benzene rings is 2. The molecule has 0 amide bonds. The van der Waals surface area contributed by atoms with Crippen LogP contribution in [0.5, 0.6) is 11.5 Å². The van der Waals surface area contributed by atoms with Crippen LogP contribution in [0.15, 0.2) is 30.3 Å². The van der Waals surface area contributed by atoms with Crippen molar-refractivity contribution < 1.29 is 22.3 Å². The third-order valence-electron chi connectivity index (χ3n) is 2.98. The molecule has 0 aliphatic rings. The second-order valence-corrected chi connectivity index (χ2v) is 5.65. The Hall–Kier alpha value is -2.04. The first kappa shape index (κ1) is 15.4. The smallest absolute Gasteiger partial charge is 0.204 e. The van der Waals surface area contributed by atoms with Gasteiger partial charge in [-0.1, -0.05) is 39.0 Å². The van der Waals surface area contributed by atoms with Crippen LogP contribution in [-0.2, 0) is 5.41 Å². The Morgan fingerprint density at radius 1 is 0.857 bits per heavy atom. The van der Waals surface area contributed by atoms with Crippen molar-refractivity contribution in [1.29, 1.82) is 0 Å². The van der Waals surface area contributed by atoms with E-state index in [1.807, 2.05) is 20.8 Å². The molecule has 21 heavy (non-hydrogen) atoms. The number of para-hydroxylation sites is 1. The van der Waals surface area contributed by atoms with Gasteiger partial charge >= 0.3 is 0 Å². The molecule has 112 valence electrons. The third-order valence-corrected chi connectivity index (χ3v) is 2.98. The third kappa shape index (κ3) is 3.01. The summed E-state index contributed by atoms with van der Waals surface area (Å²) in [7, 11) is 0. The van der Waals surface area contributed by atoms with Crippen molar-refractivity contribution >= 4 is 0 Å². The van der Waals surface area contributed by atoms with Gasteiger partial charge in [0.25, 0.3) is 0 Å². The first-order valence-electron chi connectivity index (χ1n) is 6.32. The van der Waals surface area contributed by atoms with Gasteiger partial charge in [-0.25, -0.2) is 8.78 Å². The molecule has 2 rings (SSSR count). The zero-order valence-electron chi connectivity index (χ0n) is 11.8. The van der Waals surface area contributed by atoms with Gasteiger partial charge in [0.15, 0.2) is 11.6 Å². The van der Waals surface area contributed by atoms with Crippen LogP contribution in [0.2, 0.25) is 0 Å². The molecule has 0 atom stereocenters. The predicted molar refractivity (Wildman–Crippen MR) is 71.5 cm³/mol. The van der Waals surface area contributed by atoms with Crippen molar-refractivity contribution in [2.24, 2.45) is 0 Å². The maximum atomic E-state index is 13.6. The van der Waals surface area contributed by atoms with Crippen LogP contribution in [0.4, 0.5) is 17.6 Å². The van der Waals surface area contributed by atoms with Gasteiger partial charge in [0.2, 0.25) is 17.4 Å². The molecule has 1 nitrogen and oxygen atoms in total. The fourth-order valence-corrected chi connectivity index (χ4v) is 1.93. The van der Waals surface area contributed by atoms with E-state index in [1.54, 1.807) is 18.2 Å². The van der Waals surface area contributed by atoms with E-state index in [-0.39, 0.29) is 17.2 Å². The Morgan fingerprint density at radius 2 is 1.38 bits per heavy atom. The van der Waals surface area contributed by atoms with Gasteiger partial charge in [-0.15, -0.1) is 0 Å². The SMILES string of the molecule is CC(C)(C)c1ccccc1Oc1c(F)c(F)cc(F)c1F. The number of hydrogen-bond acceptors (Lipinski definition) is 1. The Morgan fingerprint density at radius 3 is 1.90 bits per heavy atom. The van der Waals surface area contributed by atoms with Gasteiger partial charge in [-0.2, -0.15) is 8.78 Å². The van der Waals surface area contributed by atoms with Gasteiger partial charge in [0.05, 0.1) is 0 Å². The lowest BCUT2D eigenvalue weighted by molar-refractivity contribution is 0.359. The summed E-state index contributed by atoms with van der Waals surface area (Å²) in [5.74, 6) is -7.05. The minimum atomic E-state index is -1.56. The molecule has 0 unspecified atom stereocenters. The Balaban J connectivity index is 2.54. The second kappa shape index (κ2) is 5.39. The number of ether oxygens (including phenoxy) is 1. The van der Waals surface area contributed by atoms with Crippen LogP contribution in [0.1, 0.15) is 26.3 Å². The van der Waals surface area contributed by atoms with E-state index >= 15 is 0 Å². The lowest BCUT2D eigenvalue weighted by Crippen LogP contribution is -2.13. The van der Waals surface area contributed by atoms with E-state index in [1.165, 1.54) is 6.07 Å². The minimum Gasteiger partial charge on any atom is -0.451 e. The second-order valence-electron chi connectivity index (χ2n) is 5.65.